The number of benzene rings is 1. The molecule has 1 aliphatic carbocycles. The maximum atomic E-state index is 12.5. The van der Waals surface area contributed by atoms with Gasteiger partial charge in [-0.2, -0.15) is 0 Å². The van der Waals surface area contributed by atoms with Gasteiger partial charge in [-0.05, 0) is 31.0 Å². The van der Waals surface area contributed by atoms with Gasteiger partial charge < -0.3 is 15.7 Å². The molecule has 1 aromatic rings. The van der Waals surface area contributed by atoms with E-state index >= 15 is 0 Å². The van der Waals surface area contributed by atoms with E-state index in [9.17, 15) is 9.90 Å². The fourth-order valence-electron chi connectivity index (χ4n) is 2.79. The molecule has 3 N–H and O–H groups in total. The van der Waals surface area contributed by atoms with Gasteiger partial charge in [0, 0.05) is 24.7 Å². The molecule has 0 spiro atoms. The zero-order valence-corrected chi connectivity index (χ0v) is 11.2. The first-order valence-corrected chi connectivity index (χ1v) is 7.02. The van der Waals surface area contributed by atoms with Gasteiger partial charge >= 0.3 is 0 Å². The molecule has 1 aromatic carbocycles. The number of hydrogen-bond acceptors (Lipinski definition) is 3. The van der Waals surface area contributed by atoms with E-state index in [0.29, 0.717) is 24.7 Å². The topological polar surface area (TPSA) is 66.6 Å². The normalized spacial score (nSPS) is 16.3. The summed E-state index contributed by atoms with van der Waals surface area (Å²) in [7, 11) is 0. The summed E-state index contributed by atoms with van der Waals surface area (Å²) in [6.07, 6.45) is 5.74. The SMILES string of the molecule is NCCN(C(=O)c1cccc(O)c1)C1CCCCC1. The molecule has 4 nitrogen and oxygen atoms in total. The third kappa shape index (κ3) is 3.47. The highest BCUT2D eigenvalue weighted by Crippen LogP contribution is 2.24. The van der Waals surface area contributed by atoms with Crippen molar-refractivity contribution in [3.8, 4) is 5.75 Å². The van der Waals surface area contributed by atoms with Crippen LogP contribution >= 0.6 is 0 Å². The number of hydrogen-bond donors (Lipinski definition) is 2. The Bertz CT molecular complexity index is 428. The van der Waals surface area contributed by atoms with E-state index in [1.165, 1.54) is 25.3 Å². The van der Waals surface area contributed by atoms with E-state index in [4.69, 9.17) is 5.73 Å². The van der Waals surface area contributed by atoms with Crippen LogP contribution in [-0.4, -0.2) is 35.0 Å². The number of carbonyl (C=O) groups excluding carboxylic acids is 1. The number of phenolic OH excluding ortho intramolecular Hbond substituents is 1. The molecule has 1 saturated carbocycles. The number of amides is 1. The molecule has 1 amide bonds. The maximum absolute atomic E-state index is 12.5. The molecule has 0 unspecified atom stereocenters. The molecule has 0 atom stereocenters. The summed E-state index contributed by atoms with van der Waals surface area (Å²) < 4.78 is 0. The Kier molecular flexibility index (Phi) is 4.80. The van der Waals surface area contributed by atoms with Crippen LogP contribution in [0.25, 0.3) is 0 Å². The minimum absolute atomic E-state index is 0.0201. The number of rotatable bonds is 4. The van der Waals surface area contributed by atoms with Gasteiger partial charge in [-0.1, -0.05) is 25.3 Å². The van der Waals surface area contributed by atoms with Crippen LogP contribution in [0, 0.1) is 0 Å². The largest absolute Gasteiger partial charge is 0.508 e. The predicted molar refractivity (Wildman–Crippen MR) is 75.1 cm³/mol. The Balaban J connectivity index is 2.15. The standard InChI is InChI=1S/C15H22N2O2/c16-9-10-17(13-6-2-1-3-7-13)15(19)12-5-4-8-14(18)11-12/h4-5,8,11,13,18H,1-3,6-7,9-10,16H2. The minimum atomic E-state index is -0.0201. The van der Waals surface area contributed by atoms with Crippen molar-refractivity contribution in [2.24, 2.45) is 5.73 Å². The first-order chi connectivity index (χ1) is 9.22. The summed E-state index contributed by atoms with van der Waals surface area (Å²) in [5.74, 6) is 0.107. The van der Waals surface area contributed by atoms with Crippen molar-refractivity contribution >= 4 is 5.91 Å². The Morgan fingerprint density at radius 3 is 2.68 bits per heavy atom. The number of phenols is 1. The van der Waals surface area contributed by atoms with E-state index in [2.05, 4.69) is 0 Å². The second kappa shape index (κ2) is 6.57. The highest BCUT2D eigenvalue weighted by atomic mass is 16.3. The van der Waals surface area contributed by atoms with Gasteiger partial charge in [0.2, 0.25) is 0 Å². The van der Waals surface area contributed by atoms with Gasteiger partial charge in [0.1, 0.15) is 5.75 Å². The third-order valence-corrected chi connectivity index (χ3v) is 3.74. The van der Waals surface area contributed by atoms with Crippen LogP contribution in [0.15, 0.2) is 24.3 Å². The molecule has 19 heavy (non-hydrogen) atoms. The van der Waals surface area contributed by atoms with Crippen LogP contribution in [0.1, 0.15) is 42.5 Å². The lowest BCUT2D eigenvalue weighted by Crippen LogP contribution is -2.44. The monoisotopic (exact) mass is 262 g/mol. The van der Waals surface area contributed by atoms with E-state index in [1.807, 2.05) is 4.90 Å². The third-order valence-electron chi connectivity index (χ3n) is 3.74. The summed E-state index contributed by atoms with van der Waals surface area (Å²) >= 11 is 0. The van der Waals surface area contributed by atoms with Crippen LogP contribution in [0.5, 0.6) is 5.75 Å². The summed E-state index contributed by atoms with van der Waals surface area (Å²) in [5, 5.41) is 9.49. The summed E-state index contributed by atoms with van der Waals surface area (Å²) in [5.41, 5.74) is 6.18. The Hall–Kier alpha value is -1.55. The molecule has 1 aliphatic rings. The average molecular weight is 262 g/mol. The first-order valence-electron chi connectivity index (χ1n) is 7.02. The van der Waals surface area contributed by atoms with Gasteiger partial charge in [-0.25, -0.2) is 0 Å². The van der Waals surface area contributed by atoms with Crippen molar-refractivity contribution in [3.05, 3.63) is 29.8 Å². The fraction of sp³-hybridized carbons (Fsp3) is 0.533. The maximum Gasteiger partial charge on any atom is 0.254 e. The summed E-state index contributed by atoms with van der Waals surface area (Å²) in [4.78, 5) is 14.4. The van der Waals surface area contributed by atoms with E-state index in [0.717, 1.165) is 12.8 Å². The molecular formula is C15H22N2O2. The smallest absolute Gasteiger partial charge is 0.254 e. The van der Waals surface area contributed by atoms with Crippen molar-refractivity contribution in [2.75, 3.05) is 13.1 Å². The second-order valence-corrected chi connectivity index (χ2v) is 5.13. The summed E-state index contributed by atoms with van der Waals surface area (Å²) in [6.45, 7) is 1.06. The zero-order chi connectivity index (χ0) is 13.7. The molecule has 0 aliphatic heterocycles. The molecule has 0 radical (unpaired) electrons. The van der Waals surface area contributed by atoms with E-state index in [-0.39, 0.29) is 11.7 Å². The van der Waals surface area contributed by atoms with Crippen molar-refractivity contribution in [3.63, 3.8) is 0 Å². The van der Waals surface area contributed by atoms with Crippen molar-refractivity contribution in [1.29, 1.82) is 0 Å². The van der Waals surface area contributed by atoms with Crippen LogP contribution in [0.2, 0.25) is 0 Å². The van der Waals surface area contributed by atoms with Crippen molar-refractivity contribution < 1.29 is 9.90 Å². The summed E-state index contributed by atoms with van der Waals surface area (Å²) in [6, 6.07) is 6.84. The molecule has 104 valence electrons. The van der Waals surface area contributed by atoms with Gasteiger partial charge in [-0.15, -0.1) is 0 Å². The van der Waals surface area contributed by atoms with Crippen LogP contribution in [0.3, 0.4) is 0 Å². The lowest BCUT2D eigenvalue weighted by molar-refractivity contribution is 0.0641. The molecule has 0 saturated heterocycles. The number of aromatic hydroxyl groups is 1. The van der Waals surface area contributed by atoms with Crippen molar-refractivity contribution in [1.82, 2.24) is 4.90 Å². The predicted octanol–water partition coefficient (Wildman–Crippen LogP) is 2.13. The highest BCUT2D eigenvalue weighted by Gasteiger charge is 2.25. The molecular weight excluding hydrogens is 240 g/mol. The van der Waals surface area contributed by atoms with Gasteiger partial charge in [0.05, 0.1) is 0 Å². The first kappa shape index (κ1) is 13.9. The molecule has 2 rings (SSSR count). The van der Waals surface area contributed by atoms with Gasteiger partial charge in [-0.3, -0.25) is 4.79 Å². The molecule has 0 bridgehead atoms. The molecule has 0 aromatic heterocycles. The highest BCUT2D eigenvalue weighted by molar-refractivity contribution is 5.94. The van der Waals surface area contributed by atoms with E-state index in [1.54, 1.807) is 18.2 Å². The quantitative estimate of drug-likeness (QED) is 0.873. The number of carbonyl (C=O) groups is 1. The second-order valence-electron chi connectivity index (χ2n) is 5.13. The van der Waals surface area contributed by atoms with Crippen molar-refractivity contribution in [2.45, 2.75) is 38.1 Å². The Labute approximate surface area is 114 Å². The Morgan fingerprint density at radius 1 is 1.32 bits per heavy atom. The lowest BCUT2D eigenvalue weighted by atomic mass is 9.93. The molecule has 1 fully saturated rings. The van der Waals surface area contributed by atoms with Crippen LogP contribution < -0.4 is 5.73 Å². The van der Waals surface area contributed by atoms with Gasteiger partial charge in [0.25, 0.3) is 5.91 Å². The Morgan fingerprint density at radius 2 is 2.05 bits per heavy atom. The number of nitrogens with zero attached hydrogens (tertiary/aromatic N) is 1. The minimum Gasteiger partial charge on any atom is -0.508 e. The van der Waals surface area contributed by atoms with E-state index < -0.39 is 0 Å². The van der Waals surface area contributed by atoms with Crippen LogP contribution in [-0.2, 0) is 0 Å². The zero-order valence-electron chi connectivity index (χ0n) is 11.2. The lowest BCUT2D eigenvalue weighted by Gasteiger charge is -2.34. The fourth-order valence-corrected chi connectivity index (χ4v) is 2.79. The number of nitrogens with two attached hydrogens (primary N) is 1. The van der Waals surface area contributed by atoms with Crippen LogP contribution in [0.4, 0.5) is 0 Å². The average Bonchev–Trinajstić information content (AvgIpc) is 2.45. The molecule has 0 heterocycles. The van der Waals surface area contributed by atoms with Gasteiger partial charge in [0.15, 0.2) is 0 Å². The molecule has 4 heteroatoms.